The number of esters is 1. The average Bonchev–Trinajstić information content (AvgIpc) is 2.30. The summed E-state index contributed by atoms with van der Waals surface area (Å²) in [5.41, 5.74) is 0.445. The molecule has 0 bridgehead atoms. The molecule has 0 saturated carbocycles. The molecule has 0 unspecified atom stereocenters. The molecule has 90 valence electrons. The number of carbonyl (C=O) groups excluding carboxylic acids is 2. The van der Waals surface area contributed by atoms with Crippen molar-refractivity contribution in [2.24, 2.45) is 0 Å². The van der Waals surface area contributed by atoms with E-state index in [4.69, 9.17) is 9.47 Å². The topological polar surface area (TPSA) is 55.8 Å². The second kappa shape index (κ2) is 7.17. The normalized spacial score (nSPS) is 16.6. The Kier molecular flexibility index (Phi) is 5.78. The first-order chi connectivity index (χ1) is 7.76. The van der Waals surface area contributed by atoms with Crippen molar-refractivity contribution in [1.82, 2.24) is 4.90 Å². The van der Waals surface area contributed by atoms with Crippen LogP contribution in [0, 0.1) is 0 Å². The second-order valence-corrected chi connectivity index (χ2v) is 3.58. The highest BCUT2D eigenvalue weighted by molar-refractivity contribution is 5.76. The number of nitrogens with zero attached hydrogens (tertiary/aromatic N) is 1. The predicted octanol–water partition coefficient (Wildman–Crippen LogP) is 0.0298. The van der Waals surface area contributed by atoms with E-state index in [9.17, 15) is 9.59 Å². The number of hydrogen-bond donors (Lipinski definition) is 0. The number of hydrogen-bond acceptors (Lipinski definition) is 5. The summed E-state index contributed by atoms with van der Waals surface area (Å²) in [7, 11) is 0. The summed E-state index contributed by atoms with van der Waals surface area (Å²) in [6.07, 6.45) is 0.0364. The molecule has 0 atom stereocenters. The van der Waals surface area contributed by atoms with Gasteiger partial charge in [0, 0.05) is 25.2 Å². The molecular formula is C11H17NO4. The molecule has 1 rings (SSSR count). The molecule has 0 radical (unpaired) electrons. The lowest BCUT2D eigenvalue weighted by atomic mass is 10.2. The minimum atomic E-state index is -0.367. The molecule has 1 aliphatic heterocycles. The van der Waals surface area contributed by atoms with Crippen LogP contribution < -0.4 is 0 Å². The fourth-order valence-corrected chi connectivity index (χ4v) is 1.54. The van der Waals surface area contributed by atoms with E-state index >= 15 is 0 Å². The summed E-state index contributed by atoms with van der Waals surface area (Å²) < 4.78 is 9.97. The first-order valence-corrected chi connectivity index (χ1v) is 5.44. The summed E-state index contributed by atoms with van der Waals surface area (Å²) in [6, 6.07) is 0. The minimum Gasteiger partial charge on any atom is -0.466 e. The Morgan fingerprint density at radius 3 is 2.69 bits per heavy atom. The zero-order chi connectivity index (χ0) is 11.8. The van der Waals surface area contributed by atoms with Crippen LogP contribution in [0.1, 0.15) is 13.3 Å². The Balaban J connectivity index is 2.36. The fourth-order valence-electron chi connectivity index (χ4n) is 1.54. The van der Waals surface area contributed by atoms with Crippen LogP contribution in [0.5, 0.6) is 0 Å². The van der Waals surface area contributed by atoms with Gasteiger partial charge in [-0.25, -0.2) is 4.79 Å². The maximum absolute atomic E-state index is 11.2. The Hall–Kier alpha value is -1.16. The van der Waals surface area contributed by atoms with Crippen LogP contribution in [0.4, 0.5) is 0 Å². The molecule has 1 heterocycles. The highest BCUT2D eigenvalue weighted by atomic mass is 16.5. The van der Waals surface area contributed by atoms with Gasteiger partial charge in [0.15, 0.2) is 0 Å². The van der Waals surface area contributed by atoms with E-state index in [-0.39, 0.29) is 12.4 Å². The average molecular weight is 227 g/mol. The van der Waals surface area contributed by atoms with Crippen molar-refractivity contribution in [1.29, 1.82) is 0 Å². The van der Waals surface area contributed by atoms with E-state index in [2.05, 4.69) is 4.90 Å². The lowest BCUT2D eigenvalue weighted by molar-refractivity contribution is -0.142. The van der Waals surface area contributed by atoms with Crippen LogP contribution in [-0.2, 0) is 19.1 Å². The van der Waals surface area contributed by atoms with Gasteiger partial charge in [-0.3, -0.25) is 9.69 Å². The molecule has 0 aromatic heterocycles. The first kappa shape index (κ1) is 12.9. The third kappa shape index (κ3) is 4.57. The summed E-state index contributed by atoms with van der Waals surface area (Å²) >= 11 is 0. The minimum absolute atomic E-state index is 0.0364. The first-order valence-electron chi connectivity index (χ1n) is 5.44. The fraction of sp³-hybridized carbons (Fsp3) is 0.727. The molecular weight excluding hydrogens is 210 g/mol. The number of rotatable bonds is 5. The van der Waals surface area contributed by atoms with Gasteiger partial charge in [-0.1, -0.05) is 0 Å². The van der Waals surface area contributed by atoms with E-state index in [0.29, 0.717) is 31.9 Å². The number of morpholine rings is 1. The summed E-state index contributed by atoms with van der Waals surface area (Å²) in [5.74, 6) is 1.46. The maximum Gasteiger partial charge on any atom is 0.310 e. The Labute approximate surface area is 95.0 Å². The standard InChI is InChI=1S/C11H17NO4/c1-2-16-11(14)7-10(9-13)8-12-3-5-15-6-4-12/h2-8H2,1H3. The predicted molar refractivity (Wildman–Crippen MR) is 57.7 cm³/mol. The Morgan fingerprint density at radius 2 is 2.12 bits per heavy atom. The van der Waals surface area contributed by atoms with Gasteiger partial charge in [-0.2, -0.15) is 0 Å². The molecule has 5 nitrogen and oxygen atoms in total. The lowest BCUT2D eigenvalue weighted by Crippen LogP contribution is -2.37. The highest BCUT2D eigenvalue weighted by Gasteiger charge is 2.15. The van der Waals surface area contributed by atoms with Crippen molar-refractivity contribution < 1.29 is 19.1 Å². The van der Waals surface area contributed by atoms with Crippen LogP contribution in [-0.4, -0.2) is 56.3 Å². The van der Waals surface area contributed by atoms with Gasteiger partial charge in [0.1, 0.15) is 5.94 Å². The smallest absolute Gasteiger partial charge is 0.310 e. The van der Waals surface area contributed by atoms with Gasteiger partial charge in [-0.15, -0.1) is 0 Å². The molecule has 0 N–H and O–H groups in total. The van der Waals surface area contributed by atoms with Crippen molar-refractivity contribution in [3.05, 3.63) is 5.57 Å². The van der Waals surface area contributed by atoms with Crippen LogP contribution in [0.25, 0.3) is 0 Å². The van der Waals surface area contributed by atoms with Crippen LogP contribution >= 0.6 is 0 Å². The van der Waals surface area contributed by atoms with E-state index in [1.54, 1.807) is 6.92 Å². The van der Waals surface area contributed by atoms with E-state index in [0.717, 1.165) is 13.1 Å². The van der Waals surface area contributed by atoms with E-state index < -0.39 is 0 Å². The molecule has 0 amide bonds. The van der Waals surface area contributed by atoms with Crippen LogP contribution in [0.3, 0.4) is 0 Å². The summed E-state index contributed by atoms with van der Waals surface area (Å²) in [6.45, 7) is 5.47. The van der Waals surface area contributed by atoms with Gasteiger partial charge in [-0.05, 0) is 6.92 Å². The van der Waals surface area contributed by atoms with Crippen LogP contribution in [0.15, 0.2) is 5.57 Å². The second-order valence-electron chi connectivity index (χ2n) is 3.58. The van der Waals surface area contributed by atoms with Crippen molar-refractivity contribution in [2.45, 2.75) is 13.3 Å². The third-order valence-corrected chi connectivity index (χ3v) is 2.33. The van der Waals surface area contributed by atoms with E-state index in [1.165, 1.54) is 0 Å². The molecule has 0 spiro atoms. The molecule has 0 aromatic carbocycles. The van der Waals surface area contributed by atoms with Gasteiger partial charge in [0.05, 0.1) is 26.2 Å². The van der Waals surface area contributed by atoms with Gasteiger partial charge < -0.3 is 9.47 Å². The monoisotopic (exact) mass is 227 g/mol. The molecule has 1 saturated heterocycles. The summed E-state index contributed by atoms with van der Waals surface area (Å²) in [4.78, 5) is 24.0. The van der Waals surface area contributed by atoms with Gasteiger partial charge >= 0.3 is 5.97 Å². The van der Waals surface area contributed by atoms with Crippen LogP contribution in [0.2, 0.25) is 0 Å². The maximum atomic E-state index is 11.2. The quantitative estimate of drug-likeness (QED) is 0.490. The molecule has 0 aromatic rings. The van der Waals surface area contributed by atoms with E-state index in [1.807, 2.05) is 5.94 Å². The van der Waals surface area contributed by atoms with Crippen molar-refractivity contribution >= 4 is 11.9 Å². The number of ether oxygens (including phenoxy) is 2. The van der Waals surface area contributed by atoms with Crippen molar-refractivity contribution in [3.8, 4) is 0 Å². The molecule has 1 fully saturated rings. The molecule has 0 aliphatic carbocycles. The Morgan fingerprint density at radius 1 is 1.44 bits per heavy atom. The third-order valence-electron chi connectivity index (χ3n) is 2.33. The van der Waals surface area contributed by atoms with Crippen molar-refractivity contribution in [3.63, 3.8) is 0 Å². The zero-order valence-corrected chi connectivity index (χ0v) is 9.53. The molecule has 1 aliphatic rings. The SMILES string of the molecule is CCOC(=O)CC(=C=O)CN1CCOCC1. The van der Waals surface area contributed by atoms with Gasteiger partial charge in [0.25, 0.3) is 0 Å². The zero-order valence-electron chi connectivity index (χ0n) is 9.53. The lowest BCUT2D eigenvalue weighted by Gasteiger charge is -2.26. The number of carbonyl (C=O) groups is 1. The Bertz CT molecular complexity index is 278. The highest BCUT2D eigenvalue weighted by Crippen LogP contribution is 2.05. The largest absolute Gasteiger partial charge is 0.466 e. The molecule has 5 heteroatoms. The summed E-state index contributed by atoms with van der Waals surface area (Å²) in [5, 5.41) is 0. The molecule has 16 heavy (non-hydrogen) atoms. The van der Waals surface area contributed by atoms with Gasteiger partial charge in [0.2, 0.25) is 0 Å². The van der Waals surface area contributed by atoms with Crippen molar-refractivity contribution in [2.75, 3.05) is 39.5 Å².